The zero-order valence-corrected chi connectivity index (χ0v) is 12.3. The fourth-order valence-corrected chi connectivity index (χ4v) is 4.15. The largest absolute Gasteiger partial charge is 0.390 e. The van der Waals surface area contributed by atoms with Gasteiger partial charge in [-0.05, 0) is 49.5 Å². The van der Waals surface area contributed by atoms with Crippen LogP contribution in [0.15, 0.2) is 36.7 Å². The highest BCUT2D eigenvalue weighted by Crippen LogP contribution is 2.51. The van der Waals surface area contributed by atoms with Crippen molar-refractivity contribution in [1.82, 2.24) is 15.1 Å². The van der Waals surface area contributed by atoms with Gasteiger partial charge in [-0.15, -0.1) is 0 Å². The van der Waals surface area contributed by atoms with Crippen molar-refractivity contribution < 1.29 is 5.11 Å². The normalized spacial score (nSPS) is 27.0. The van der Waals surface area contributed by atoms with Crippen LogP contribution < -0.4 is 5.32 Å². The van der Waals surface area contributed by atoms with Gasteiger partial charge in [0, 0.05) is 11.6 Å². The number of fused-ring (bicyclic) bond motifs is 2. The summed E-state index contributed by atoms with van der Waals surface area (Å²) < 4.78 is 1.94. The SMILES string of the molecule is Cc1cnn([C@@H]2c3ccccc3C3(CCNCC3)[C@H]2O)c1. The Hall–Kier alpha value is -1.65. The summed E-state index contributed by atoms with van der Waals surface area (Å²) in [6.07, 6.45) is 5.47. The third-order valence-electron chi connectivity index (χ3n) is 5.19. The molecule has 1 fully saturated rings. The average molecular weight is 283 g/mol. The first-order valence-corrected chi connectivity index (χ1v) is 7.71. The molecule has 1 spiro atoms. The second kappa shape index (κ2) is 4.68. The maximum absolute atomic E-state index is 11.2. The number of aliphatic hydroxyl groups is 1. The second-order valence-electron chi connectivity index (χ2n) is 6.38. The molecule has 1 aliphatic heterocycles. The number of hydrogen-bond donors (Lipinski definition) is 2. The molecule has 2 atom stereocenters. The Labute approximate surface area is 124 Å². The Kier molecular flexibility index (Phi) is 2.91. The summed E-state index contributed by atoms with van der Waals surface area (Å²) in [7, 11) is 0. The summed E-state index contributed by atoms with van der Waals surface area (Å²) in [4.78, 5) is 0. The third-order valence-corrected chi connectivity index (χ3v) is 5.19. The van der Waals surface area contributed by atoms with Crippen molar-refractivity contribution in [3.8, 4) is 0 Å². The standard InChI is InChI=1S/C17H21N3O/c1-12-10-19-20(11-12)15-13-4-2-3-5-14(13)17(16(15)21)6-8-18-9-7-17/h2-5,10-11,15-16,18,21H,6-9H2,1H3/t15-,16+/m1/s1. The number of aliphatic hydroxyl groups excluding tert-OH is 1. The van der Waals surface area contributed by atoms with Crippen LogP contribution in [0.5, 0.6) is 0 Å². The lowest BCUT2D eigenvalue weighted by atomic mass is 9.72. The van der Waals surface area contributed by atoms with Gasteiger partial charge in [-0.25, -0.2) is 0 Å². The Bertz CT molecular complexity index is 658. The summed E-state index contributed by atoms with van der Waals surface area (Å²) in [6, 6.07) is 8.44. The van der Waals surface area contributed by atoms with Crippen LogP contribution in [0.4, 0.5) is 0 Å². The number of benzene rings is 1. The van der Waals surface area contributed by atoms with Gasteiger partial charge in [0.05, 0.1) is 12.3 Å². The molecule has 1 aromatic heterocycles. The molecule has 1 saturated heterocycles. The molecule has 1 aliphatic carbocycles. The number of aryl methyl sites for hydroxylation is 1. The van der Waals surface area contributed by atoms with Crippen LogP contribution in [-0.4, -0.2) is 34.1 Å². The number of nitrogens with one attached hydrogen (secondary N) is 1. The molecule has 0 radical (unpaired) electrons. The summed E-state index contributed by atoms with van der Waals surface area (Å²) in [6.45, 7) is 3.98. The van der Waals surface area contributed by atoms with Crippen molar-refractivity contribution in [2.24, 2.45) is 0 Å². The minimum atomic E-state index is -0.406. The monoisotopic (exact) mass is 283 g/mol. The molecule has 0 unspecified atom stereocenters. The molecule has 2 aromatic rings. The fourth-order valence-electron chi connectivity index (χ4n) is 4.15. The molecule has 4 rings (SSSR count). The molecule has 1 aromatic carbocycles. The average Bonchev–Trinajstić information content (AvgIpc) is 3.03. The van der Waals surface area contributed by atoms with Gasteiger partial charge in [0.2, 0.25) is 0 Å². The summed E-state index contributed by atoms with van der Waals surface area (Å²) in [5.41, 5.74) is 3.56. The molecule has 4 heteroatoms. The van der Waals surface area contributed by atoms with E-state index in [-0.39, 0.29) is 11.5 Å². The molecule has 21 heavy (non-hydrogen) atoms. The molecule has 2 N–H and O–H groups in total. The van der Waals surface area contributed by atoms with Crippen molar-refractivity contribution in [3.05, 3.63) is 53.3 Å². The summed E-state index contributed by atoms with van der Waals surface area (Å²) in [5.74, 6) is 0. The van der Waals surface area contributed by atoms with Crippen molar-refractivity contribution >= 4 is 0 Å². The fraction of sp³-hybridized carbons (Fsp3) is 0.471. The first-order chi connectivity index (χ1) is 10.2. The van der Waals surface area contributed by atoms with Crippen LogP contribution in [0.1, 0.15) is 35.6 Å². The van der Waals surface area contributed by atoms with Crippen LogP contribution in [0, 0.1) is 6.92 Å². The van der Waals surface area contributed by atoms with E-state index in [0.29, 0.717) is 0 Å². The minimum Gasteiger partial charge on any atom is -0.390 e. The first kappa shape index (κ1) is 13.0. The quantitative estimate of drug-likeness (QED) is 0.839. The molecule has 2 heterocycles. The number of nitrogens with zero attached hydrogens (tertiary/aromatic N) is 2. The predicted molar refractivity (Wildman–Crippen MR) is 81.3 cm³/mol. The zero-order valence-electron chi connectivity index (χ0n) is 12.3. The van der Waals surface area contributed by atoms with E-state index in [0.717, 1.165) is 31.5 Å². The van der Waals surface area contributed by atoms with Crippen LogP contribution in [0.3, 0.4) is 0 Å². The van der Waals surface area contributed by atoms with E-state index in [1.807, 2.05) is 24.0 Å². The number of rotatable bonds is 1. The van der Waals surface area contributed by atoms with Crippen LogP contribution >= 0.6 is 0 Å². The minimum absolute atomic E-state index is 0.0620. The van der Waals surface area contributed by atoms with Gasteiger partial charge >= 0.3 is 0 Å². The lowest BCUT2D eigenvalue weighted by Crippen LogP contribution is -2.47. The van der Waals surface area contributed by atoms with E-state index in [9.17, 15) is 5.11 Å². The highest BCUT2D eigenvalue weighted by atomic mass is 16.3. The zero-order chi connectivity index (χ0) is 14.4. The van der Waals surface area contributed by atoms with Crippen molar-refractivity contribution in [2.75, 3.05) is 13.1 Å². The van der Waals surface area contributed by atoms with Gasteiger partial charge < -0.3 is 10.4 Å². The maximum Gasteiger partial charge on any atom is 0.104 e. The molecular formula is C17H21N3O. The topological polar surface area (TPSA) is 50.1 Å². The third kappa shape index (κ3) is 1.79. The molecule has 110 valence electrons. The van der Waals surface area contributed by atoms with Gasteiger partial charge in [0.15, 0.2) is 0 Å². The van der Waals surface area contributed by atoms with E-state index < -0.39 is 6.10 Å². The van der Waals surface area contributed by atoms with E-state index in [4.69, 9.17) is 0 Å². The highest BCUT2D eigenvalue weighted by molar-refractivity contribution is 5.45. The molecule has 2 aliphatic rings. The molecule has 0 bridgehead atoms. The van der Waals surface area contributed by atoms with Gasteiger partial charge in [-0.1, -0.05) is 24.3 Å². The Balaban J connectivity index is 1.86. The number of aromatic nitrogens is 2. The number of piperidine rings is 1. The maximum atomic E-state index is 11.2. The Morgan fingerprint density at radius 3 is 2.76 bits per heavy atom. The molecular weight excluding hydrogens is 262 g/mol. The van der Waals surface area contributed by atoms with Gasteiger partial charge in [0.25, 0.3) is 0 Å². The van der Waals surface area contributed by atoms with Gasteiger partial charge in [0.1, 0.15) is 6.04 Å². The lowest BCUT2D eigenvalue weighted by molar-refractivity contribution is 0.0426. The Morgan fingerprint density at radius 2 is 2.05 bits per heavy atom. The molecule has 0 saturated carbocycles. The van der Waals surface area contributed by atoms with Crippen LogP contribution in [0.2, 0.25) is 0 Å². The number of hydrogen-bond acceptors (Lipinski definition) is 3. The van der Waals surface area contributed by atoms with Gasteiger partial charge in [-0.2, -0.15) is 5.10 Å². The molecule has 4 nitrogen and oxygen atoms in total. The summed E-state index contributed by atoms with van der Waals surface area (Å²) in [5, 5.41) is 19.0. The van der Waals surface area contributed by atoms with Crippen LogP contribution in [0.25, 0.3) is 0 Å². The van der Waals surface area contributed by atoms with Crippen molar-refractivity contribution in [3.63, 3.8) is 0 Å². The summed E-state index contributed by atoms with van der Waals surface area (Å²) >= 11 is 0. The predicted octanol–water partition coefficient (Wildman–Crippen LogP) is 1.78. The highest BCUT2D eigenvalue weighted by Gasteiger charge is 2.52. The van der Waals surface area contributed by atoms with E-state index in [1.165, 1.54) is 11.1 Å². The lowest BCUT2D eigenvalue weighted by Gasteiger charge is -2.38. The van der Waals surface area contributed by atoms with Crippen LogP contribution in [-0.2, 0) is 5.41 Å². The van der Waals surface area contributed by atoms with Gasteiger partial charge in [-0.3, -0.25) is 4.68 Å². The second-order valence-corrected chi connectivity index (χ2v) is 6.38. The molecule has 0 amide bonds. The Morgan fingerprint density at radius 1 is 1.29 bits per heavy atom. The van der Waals surface area contributed by atoms with E-state index in [2.05, 4.69) is 34.7 Å². The van der Waals surface area contributed by atoms with Crippen molar-refractivity contribution in [1.29, 1.82) is 0 Å². The smallest absolute Gasteiger partial charge is 0.104 e. The van der Waals surface area contributed by atoms with E-state index >= 15 is 0 Å². The van der Waals surface area contributed by atoms with E-state index in [1.54, 1.807) is 0 Å². The van der Waals surface area contributed by atoms with Crippen molar-refractivity contribution in [2.45, 2.75) is 37.3 Å². The first-order valence-electron chi connectivity index (χ1n) is 7.71.